The quantitative estimate of drug-likeness (QED) is 0.651. The van der Waals surface area contributed by atoms with E-state index in [0.29, 0.717) is 17.6 Å². The fraction of sp³-hybridized carbons (Fsp3) is 0.0769. The van der Waals surface area contributed by atoms with Gasteiger partial charge in [0.1, 0.15) is 10.6 Å². The van der Waals surface area contributed by atoms with Gasteiger partial charge in [-0.1, -0.05) is 15.9 Å². The molecule has 0 aliphatic rings. The summed E-state index contributed by atoms with van der Waals surface area (Å²) in [6.45, 7) is 0. The van der Waals surface area contributed by atoms with Crippen LogP contribution in [0, 0.1) is 0 Å². The Balaban J connectivity index is 2.07. The molecule has 4 nitrogen and oxygen atoms in total. The number of anilines is 1. The maximum absolute atomic E-state index is 5.93. The lowest BCUT2D eigenvalue weighted by molar-refractivity contribution is 0.466. The first kappa shape index (κ1) is 13.8. The van der Waals surface area contributed by atoms with Gasteiger partial charge in [0, 0.05) is 11.5 Å². The SMILES string of the molecule is CNc1nc(Oc2ccc(Br)cc2Br)c2ccsc2n1. The predicted molar refractivity (Wildman–Crippen MR) is 88.9 cm³/mol. The summed E-state index contributed by atoms with van der Waals surface area (Å²) in [7, 11) is 1.79. The van der Waals surface area contributed by atoms with Crippen LogP contribution in [-0.4, -0.2) is 17.0 Å². The molecule has 20 heavy (non-hydrogen) atoms. The van der Waals surface area contributed by atoms with E-state index < -0.39 is 0 Å². The van der Waals surface area contributed by atoms with Gasteiger partial charge < -0.3 is 10.1 Å². The van der Waals surface area contributed by atoms with Crippen molar-refractivity contribution in [3.8, 4) is 11.6 Å². The Hall–Kier alpha value is -1.18. The molecule has 1 N–H and O–H groups in total. The van der Waals surface area contributed by atoms with Crippen LogP contribution >= 0.6 is 43.2 Å². The first-order valence-electron chi connectivity index (χ1n) is 5.73. The highest BCUT2D eigenvalue weighted by Crippen LogP contribution is 2.35. The number of ether oxygens (including phenoxy) is 1. The predicted octanol–water partition coefficient (Wildman–Crippen LogP) is 5.05. The zero-order valence-corrected chi connectivity index (χ0v) is 14.3. The Morgan fingerprint density at radius 3 is 2.80 bits per heavy atom. The molecule has 0 unspecified atom stereocenters. The Labute approximate surface area is 136 Å². The normalized spacial score (nSPS) is 10.8. The molecule has 0 bridgehead atoms. The van der Waals surface area contributed by atoms with Crippen LogP contribution in [0.5, 0.6) is 11.6 Å². The summed E-state index contributed by atoms with van der Waals surface area (Å²) in [5, 5.41) is 5.82. The lowest BCUT2D eigenvalue weighted by Gasteiger charge is -2.09. The van der Waals surface area contributed by atoms with E-state index in [9.17, 15) is 0 Å². The molecule has 3 rings (SSSR count). The number of thiophene rings is 1. The molecule has 0 amide bonds. The minimum Gasteiger partial charge on any atom is -0.437 e. The minimum absolute atomic E-state index is 0.545. The molecule has 102 valence electrons. The number of hydrogen-bond donors (Lipinski definition) is 1. The second kappa shape index (κ2) is 5.67. The van der Waals surface area contributed by atoms with Crippen molar-refractivity contribution in [2.75, 3.05) is 12.4 Å². The first-order valence-corrected chi connectivity index (χ1v) is 8.20. The standard InChI is InChI=1S/C13H9Br2N3OS/c1-16-13-17-11(8-4-5-20-12(8)18-13)19-10-3-2-7(14)6-9(10)15/h2-6H,1H3,(H,16,17,18). The Morgan fingerprint density at radius 2 is 2.05 bits per heavy atom. The van der Waals surface area contributed by atoms with Crippen LogP contribution < -0.4 is 10.1 Å². The molecule has 0 atom stereocenters. The van der Waals surface area contributed by atoms with E-state index in [1.54, 1.807) is 18.4 Å². The fourth-order valence-corrected chi connectivity index (χ4v) is 3.56. The highest BCUT2D eigenvalue weighted by atomic mass is 79.9. The molecule has 0 aliphatic heterocycles. The summed E-state index contributed by atoms with van der Waals surface area (Å²) in [5.74, 6) is 1.80. The Morgan fingerprint density at radius 1 is 1.20 bits per heavy atom. The van der Waals surface area contributed by atoms with Crippen molar-refractivity contribution in [3.05, 3.63) is 38.6 Å². The van der Waals surface area contributed by atoms with Crippen LogP contribution in [0.2, 0.25) is 0 Å². The fourth-order valence-electron chi connectivity index (χ4n) is 1.68. The van der Waals surface area contributed by atoms with Gasteiger partial charge in [0.2, 0.25) is 11.8 Å². The topological polar surface area (TPSA) is 47.0 Å². The smallest absolute Gasteiger partial charge is 0.232 e. The lowest BCUT2D eigenvalue weighted by atomic mass is 10.3. The Kier molecular flexibility index (Phi) is 3.91. The maximum atomic E-state index is 5.93. The van der Waals surface area contributed by atoms with Crippen molar-refractivity contribution in [1.82, 2.24) is 9.97 Å². The van der Waals surface area contributed by atoms with Crippen molar-refractivity contribution in [3.63, 3.8) is 0 Å². The van der Waals surface area contributed by atoms with Crippen LogP contribution in [0.15, 0.2) is 38.6 Å². The van der Waals surface area contributed by atoms with Crippen molar-refractivity contribution in [2.45, 2.75) is 0 Å². The summed E-state index contributed by atoms with van der Waals surface area (Å²) in [6, 6.07) is 7.69. The molecule has 2 heterocycles. The molecule has 3 aromatic rings. The van der Waals surface area contributed by atoms with Gasteiger partial charge in [-0.15, -0.1) is 11.3 Å². The molecule has 1 aromatic carbocycles. The van der Waals surface area contributed by atoms with Crippen molar-refractivity contribution < 1.29 is 4.74 Å². The summed E-state index contributed by atoms with van der Waals surface area (Å²) < 4.78 is 7.77. The number of hydrogen-bond acceptors (Lipinski definition) is 5. The van der Waals surface area contributed by atoms with Gasteiger partial charge in [0.05, 0.1) is 9.86 Å². The average Bonchev–Trinajstić information content (AvgIpc) is 2.90. The second-order valence-corrected chi connectivity index (χ2v) is 6.58. The van der Waals surface area contributed by atoms with E-state index in [1.807, 2.05) is 29.6 Å². The molecule has 0 saturated carbocycles. The highest BCUT2D eigenvalue weighted by molar-refractivity contribution is 9.11. The van der Waals surface area contributed by atoms with E-state index in [2.05, 4.69) is 47.1 Å². The average molecular weight is 415 g/mol. The van der Waals surface area contributed by atoms with Crippen LogP contribution in [0.1, 0.15) is 0 Å². The molecule has 0 saturated heterocycles. The van der Waals surface area contributed by atoms with Crippen LogP contribution in [0.25, 0.3) is 10.2 Å². The zero-order valence-electron chi connectivity index (χ0n) is 10.4. The largest absolute Gasteiger partial charge is 0.437 e. The second-order valence-electron chi connectivity index (χ2n) is 3.92. The van der Waals surface area contributed by atoms with Gasteiger partial charge in [-0.25, -0.2) is 4.98 Å². The molecular formula is C13H9Br2N3OS. The number of nitrogens with zero attached hydrogens (tertiary/aromatic N) is 2. The third kappa shape index (κ3) is 2.65. The van der Waals surface area contributed by atoms with E-state index >= 15 is 0 Å². The number of nitrogens with one attached hydrogen (secondary N) is 1. The van der Waals surface area contributed by atoms with Gasteiger partial charge in [0.15, 0.2) is 0 Å². The van der Waals surface area contributed by atoms with Crippen LogP contribution in [0.4, 0.5) is 5.95 Å². The zero-order chi connectivity index (χ0) is 14.1. The highest BCUT2D eigenvalue weighted by Gasteiger charge is 2.12. The molecule has 2 aromatic heterocycles. The molecule has 0 aliphatic carbocycles. The van der Waals surface area contributed by atoms with Gasteiger partial charge in [-0.05, 0) is 45.6 Å². The van der Waals surface area contributed by atoms with Gasteiger partial charge in [-0.2, -0.15) is 4.98 Å². The summed E-state index contributed by atoms with van der Waals surface area (Å²) in [5.41, 5.74) is 0. The third-order valence-corrected chi connectivity index (χ3v) is 4.53. The van der Waals surface area contributed by atoms with E-state index in [1.165, 1.54) is 0 Å². The molecule has 0 fully saturated rings. The maximum Gasteiger partial charge on any atom is 0.232 e. The molecule has 0 radical (unpaired) electrons. The monoisotopic (exact) mass is 413 g/mol. The molecular weight excluding hydrogens is 406 g/mol. The number of halogens is 2. The third-order valence-electron chi connectivity index (χ3n) is 2.61. The van der Waals surface area contributed by atoms with Crippen molar-refractivity contribution in [1.29, 1.82) is 0 Å². The number of aromatic nitrogens is 2. The van der Waals surface area contributed by atoms with Gasteiger partial charge in [0.25, 0.3) is 0 Å². The summed E-state index contributed by atoms with van der Waals surface area (Å²) in [6.07, 6.45) is 0. The van der Waals surface area contributed by atoms with E-state index in [4.69, 9.17) is 4.74 Å². The summed E-state index contributed by atoms with van der Waals surface area (Å²) in [4.78, 5) is 9.67. The number of benzene rings is 1. The minimum atomic E-state index is 0.545. The van der Waals surface area contributed by atoms with Crippen molar-refractivity contribution in [2.24, 2.45) is 0 Å². The molecule has 7 heteroatoms. The first-order chi connectivity index (χ1) is 9.67. The van der Waals surface area contributed by atoms with Crippen LogP contribution in [-0.2, 0) is 0 Å². The number of rotatable bonds is 3. The van der Waals surface area contributed by atoms with Crippen LogP contribution in [0.3, 0.4) is 0 Å². The van der Waals surface area contributed by atoms with Gasteiger partial charge >= 0.3 is 0 Å². The van der Waals surface area contributed by atoms with Crippen molar-refractivity contribution >= 4 is 59.4 Å². The van der Waals surface area contributed by atoms with Gasteiger partial charge in [-0.3, -0.25) is 0 Å². The van der Waals surface area contributed by atoms with E-state index in [-0.39, 0.29) is 0 Å². The molecule has 0 spiro atoms. The lowest BCUT2D eigenvalue weighted by Crippen LogP contribution is -1.98. The Bertz CT molecular complexity index is 775. The number of fused-ring (bicyclic) bond motifs is 1. The summed E-state index contributed by atoms with van der Waals surface area (Å²) >= 11 is 8.46. The van der Waals surface area contributed by atoms with E-state index in [0.717, 1.165) is 19.2 Å².